The summed E-state index contributed by atoms with van der Waals surface area (Å²) in [7, 11) is 0. The molecule has 3 aromatic heterocycles. The third-order valence-electron chi connectivity index (χ3n) is 13.0. The monoisotopic (exact) mass is 1060 g/mol. The van der Waals surface area contributed by atoms with Crippen molar-refractivity contribution in [1.29, 1.82) is 0 Å². The van der Waals surface area contributed by atoms with Crippen molar-refractivity contribution in [1.82, 2.24) is 14.5 Å². The molecule has 0 radical (unpaired) electrons. The van der Waals surface area contributed by atoms with Gasteiger partial charge >= 0.3 is 0 Å². The summed E-state index contributed by atoms with van der Waals surface area (Å²) in [6, 6.07) is 55.7. The van der Waals surface area contributed by atoms with Gasteiger partial charge in [0.25, 0.3) is 0 Å². The molecule has 0 saturated carbocycles. The van der Waals surface area contributed by atoms with Crippen LogP contribution in [-0.2, 0) is 42.7 Å². The zero-order chi connectivity index (χ0) is 46.9. The maximum absolute atomic E-state index is 12.1. The molecule has 9 aromatic rings. The number of pyridine rings is 2. The number of hydrogen-bond acceptors (Lipinski definition) is 3. The van der Waals surface area contributed by atoms with E-state index in [1.807, 2.05) is 12.3 Å². The second kappa shape index (κ2) is 17.5. The molecule has 4 nitrogen and oxygen atoms in total. The summed E-state index contributed by atoms with van der Waals surface area (Å²) in [6.07, 6.45) is 1.91. The van der Waals surface area contributed by atoms with E-state index in [0.29, 0.717) is 0 Å². The molecule has 342 valence electrons. The molecule has 5 heteroatoms. The molecule has 0 aliphatic carbocycles. The Labute approximate surface area is 412 Å². The van der Waals surface area contributed by atoms with Gasteiger partial charge in [0.05, 0.1) is 16.7 Å². The number of hydrogen-bond donors (Lipinski definition) is 1. The number of nitrogens with zero attached hydrogens (tertiary/aromatic N) is 3. The van der Waals surface area contributed by atoms with Gasteiger partial charge in [-0.2, -0.15) is 0 Å². The summed E-state index contributed by atoms with van der Waals surface area (Å²) in [4.78, 5) is 10.4. The fourth-order valence-electron chi connectivity index (χ4n) is 9.15. The summed E-state index contributed by atoms with van der Waals surface area (Å²) in [5, 5.41) is 14.5. The van der Waals surface area contributed by atoms with Crippen molar-refractivity contribution in [2.45, 2.75) is 105 Å². The Kier molecular flexibility index (Phi) is 12.4. The van der Waals surface area contributed by atoms with E-state index >= 15 is 0 Å². The van der Waals surface area contributed by atoms with Crippen molar-refractivity contribution in [3.63, 3.8) is 0 Å². The average molecular weight is 1060 g/mol. The van der Waals surface area contributed by atoms with Crippen molar-refractivity contribution in [2.24, 2.45) is 0 Å². The smallest absolute Gasteiger partial charge is 0.125 e. The zero-order valence-electron chi connectivity index (χ0n) is 41.0. The molecule has 0 aliphatic heterocycles. The van der Waals surface area contributed by atoms with Crippen LogP contribution in [0.3, 0.4) is 0 Å². The Bertz CT molecular complexity index is 3260. The quantitative estimate of drug-likeness (QED) is 0.169. The van der Waals surface area contributed by atoms with E-state index in [1.165, 1.54) is 27.4 Å². The molecule has 6 aromatic carbocycles. The van der Waals surface area contributed by atoms with Crippen LogP contribution >= 0.6 is 0 Å². The first-order valence-corrected chi connectivity index (χ1v) is 23.3. The Morgan fingerprint density at radius 2 is 1.03 bits per heavy atom. The molecule has 9 rings (SSSR count). The standard InChI is InChI=1S/C62H62N3O.Pt/c1-59(2,3)44-31-42(32-45(36-44)60(4,5)6)43-34-53(64-54(35-43)57-51(62(10,11)12)37-46(38-56(57)66)61(7,8)9)41-21-18-20-40(30-41)52-33-39(28-29-63-52)48-25-19-26-50-49-24-16-17-27-55(49)65(58(48)50)47-22-14-13-15-23-47;/h13-29,31-38,66H,1-12H3;/q-1;. The minimum absolute atomic E-state index is 0. The van der Waals surface area contributed by atoms with Crippen LogP contribution in [0.1, 0.15) is 105 Å². The zero-order valence-corrected chi connectivity index (χ0v) is 43.3. The molecule has 0 atom stereocenters. The minimum atomic E-state index is -0.278. The molecule has 0 aliphatic rings. The van der Waals surface area contributed by atoms with Gasteiger partial charge in [0, 0.05) is 66.2 Å². The first-order valence-electron chi connectivity index (χ1n) is 23.3. The fourth-order valence-corrected chi connectivity index (χ4v) is 9.15. The topological polar surface area (TPSA) is 50.9 Å². The van der Waals surface area contributed by atoms with E-state index in [2.05, 4.69) is 233 Å². The summed E-state index contributed by atoms with van der Waals surface area (Å²) in [5.74, 6) is 0.238. The van der Waals surface area contributed by atoms with E-state index in [-0.39, 0.29) is 48.5 Å². The predicted molar refractivity (Wildman–Crippen MR) is 279 cm³/mol. The van der Waals surface area contributed by atoms with Crippen LogP contribution in [-0.4, -0.2) is 19.6 Å². The van der Waals surface area contributed by atoms with Crippen molar-refractivity contribution in [2.75, 3.05) is 0 Å². The van der Waals surface area contributed by atoms with Crippen molar-refractivity contribution in [3.05, 3.63) is 180 Å². The van der Waals surface area contributed by atoms with Gasteiger partial charge in [0.2, 0.25) is 0 Å². The van der Waals surface area contributed by atoms with Gasteiger partial charge in [-0.3, -0.25) is 9.97 Å². The molecule has 0 amide bonds. The minimum Gasteiger partial charge on any atom is -0.507 e. The van der Waals surface area contributed by atoms with E-state index in [0.717, 1.165) is 78.4 Å². The van der Waals surface area contributed by atoms with Crippen LogP contribution in [0, 0.1) is 6.07 Å². The molecule has 67 heavy (non-hydrogen) atoms. The van der Waals surface area contributed by atoms with Crippen molar-refractivity contribution < 1.29 is 26.2 Å². The summed E-state index contributed by atoms with van der Waals surface area (Å²) in [5.41, 5.74) is 16.7. The van der Waals surface area contributed by atoms with Crippen LogP contribution in [0.4, 0.5) is 0 Å². The van der Waals surface area contributed by atoms with Gasteiger partial charge in [-0.1, -0.05) is 185 Å². The molecule has 0 spiro atoms. The number of rotatable bonds is 6. The fraction of sp³-hybridized carbons (Fsp3) is 0.258. The van der Waals surface area contributed by atoms with Crippen LogP contribution < -0.4 is 0 Å². The number of para-hydroxylation sites is 3. The molecule has 3 heterocycles. The van der Waals surface area contributed by atoms with Crippen LogP contribution in [0.25, 0.3) is 83.5 Å². The predicted octanol–water partition coefficient (Wildman–Crippen LogP) is 16.6. The average Bonchev–Trinajstić information content (AvgIpc) is 3.62. The third-order valence-corrected chi connectivity index (χ3v) is 13.0. The second-order valence-corrected chi connectivity index (χ2v) is 22.1. The maximum atomic E-state index is 12.1. The second-order valence-electron chi connectivity index (χ2n) is 22.1. The molecular formula is C62H62N3OPt-. The number of benzene rings is 6. The van der Waals surface area contributed by atoms with E-state index < -0.39 is 0 Å². The number of fused-ring (bicyclic) bond motifs is 3. The van der Waals surface area contributed by atoms with Crippen molar-refractivity contribution >= 4 is 21.8 Å². The van der Waals surface area contributed by atoms with Crippen LogP contribution in [0.2, 0.25) is 0 Å². The summed E-state index contributed by atoms with van der Waals surface area (Å²) in [6.45, 7) is 26.9. The van der Waals surface area contributed by atoms with Gasteiger partial charge in [-0.05, 0) is 97.0 Å². The van der Waals surface area contributed by atoms with Crippen LogP contribution in [0.15, 0.2) is 152 Å². The molecular weight excluding hydrogens is 998 g/mol. The van der Waals surface area contributed by atoms with Gasteiger partial charge in [0.15, 0.2) is 0 Å². The van der Waals surface area contributed by atoms with Crippen LogP contribution in [0.5, 0.6) is 5.75 Å². The van der Waals surface area contributed by atoms with E-state index in [4.69, 9.17) is 9.97 Å². The van der Waals surface area contributed by atoms with Crippen molar-refractivity contribution in [3.8, 4) is 67.5 Å². The molecule has 0 bridgehead atoms. The largest absolute Gasteiger partial charge is 0.507 e. The molecule has 0 unspecified atom stereocenters. The Morgan fingerprint density at radius 1 is 0.478 bits per heavy atom. The Hall–Kier alpha value is -6.09. The number of phenolic OH excluding ortho intramolecular Hbond substituents is 1. The number of phenols is 1. The van der Waals surface area contributed by atoms with E-state index in [1.54, 1.807) is 0 Å². The SMILES string of the molecule is CC(C)(C)c1cc(-c2cc(-c3[c-]c(-c4cc(-c5cccc6c7ccccc7n(-c7ccccc7)c56)ccn4)ccc3)nc(-c3c(O)cc(C(C)(C)C)cc3C(C)(C)C)c2)cc(C(C)(C)C)c1.[Pt]. The number of aromatic nitrogens is 3. The molecule has 0 saturated heterocycles. The maximum Gasteiger partial charge on any atom is 0.125 e. The molecule has 0 fully saturated rings. The van der Waals surface area contributed by atoms with Gasteiger partial charge in [0.1, 0.15) is 5.75 Å². The summed E-state index contributed by atoms with van der Waals surface area (Å²) < 4.78 is 2.38. The molecule has 1 N–H and O–H groups in total. The summed E-state index contributed by atoms with van der Waals surface area (Å²) >= 11 is 0. The van der Waals surface area contributed by atoms with Gasteiger partial charge < -0.3 is 9.67 Å². The third kappa shape index (κ3) is 9.31. The first kappa shape index (κ1) is 47.4. The Morgan fingerprint density at radius 3 is 1.69 bits per heavy atom. The van der Waals surface area contributed by atoms with Gasteiger partial charge in [-0.15, -0.1) is 24.3 Å². The van der Waals surface area contributed by atoms with Gasteiger partial charge in [-0.25, -0.2) is 0 Å². The normalized spacial score (nSPS) is 12.4. The Balaban J connectivity index is 0.00000608. The first-order chi connectivity index (χ1) is 31.1. The number of aromatic hydroxyl groups is 1. The van der Waals surface area contributed by atoms with E-state index in [9.17, 15) is 5.11 Å².